The largest absolute Gasteiger partial charge is 0.493 e. The molecule has 0 N–H and O–H groups in total. The van der Waals surface area contributed by atoms with Crippen LogP contribution in [0.15, 0.2) is 88.2 Å². The van der Waals surface area contributed by atoms with E-state index in [4.69, 9.17) is 14.2 Å². The second kappa shape index (κ2) is 13.0. The molecule has 7 heteroatoms. The monoisotopic (exact) mass is 597 g/mol. The van der Waals surface area contributed by atoms with Crippen molar-refractivity contribution < 1.29 is 19.0 Å². The van der Waals surface area contributed by atoms with Gasteiger partial charge in [0, 0.05) is 35.7 Å². The van der Waals surface area contributed by atoms with E-state index in [2.05, 4.69) is 55.8 Å². The van der Waals surface area contributed by atoms with Crippen LogP contribution in [-0.4, -0.2) is 59.4 Å². The highest BCUT2D eigenvalue weighted by molar-refractivity contribution is 5.88. The number of fused-ring (bicyclic) bond motifs is 2. The Balaban J connectivity index is 1.37. The molecule has 0 aromatic heterocycles. The molecule has 4 aliphatic rings. The van der Waals surface area contributed by atoms with Gasteiger partial charge in [0.05, 0.1) is 37.3 Å². The van der Waals surface area contributed by atoms with Gasteiger partial charge in [0.2, 0.25) is 0 Å². The Hall–Kier alpha value is -3.87. The van der Waals surface area contributed by atoms with Crippen LogP contribution in [0.4, 0.5) is 4.79 Å². The number of rotatable bonds is 7. The summed E-state index contributed by atoms with van der Waals surface area (Å²) in [6.45, 7) is 13.0. The molecular weight excluding hydrogens is 550 g/mol. The highest BCUT2D eigenvalue weighted by Gasteiger charge is 2.42. The summed E-state index contributed by atoms with van der Waals surface area (Å²) in [5.74, 6) is 1.83. The van der Waals surface area contributed by atoms with Gasteiger partial charge >= 0.3 is 6.09 Å². The fourth-order valence-corrected chi connectivity index (χ4v) is 7.44. The molecule has 0 saturated carbocycles. The summed E-state index contributed by atoms with van der Waals surface area (Å²) in [6.07, 6.45) is 8.66. The molecule has 1 saturated heterocycles. The SMILES string of the molecule is CCOC(=O)N1CC2=C3CCCC4=C3N(CC4)C(C)C/C(CC)=C(/C)OC=C2N1C(C)CCOc1cccc2ccccc12. The van der Waals surface area contributed by atoms with Crippen molar-refractivity contribution in [3.8, 4) is 5.75 Å². The van der Waals surface area contributed by atoms with Crippen molar-refractivity contribution in [3.05, 3.63) is 88.2 Å². The van der Waals surface area contributed by atoms with Crippen molar-refractivity contribution in [1.82, 2.24) is 14.9 Å². The van der Waals surface area contributed by atoms with Gasteiger partial charge in [0.1, 0.15) is 12.0 Å². The number of carbonyl (C=O) groups excluding carboxylic acids is 1. The third-order valence-corrected chi connectivity index (χ3v) is 9.74. The molecule has 2 aromatic rings. The van der Waals surface area contributed by atoms with Crippen molar-refractivity contribution in [2.24, 2.45) is 0 Å². The van der Waals surface area contributed by atoms with Gasteiger partial charge < -0.3 is 19.1 Å². The summed E-state index contributed by atoms with van der Waals surface area (Å²) in [7, 11) is 0. The minimum atomic E-state index is -0.328. The lowest BCUT2D eigenvalue weighted by atomic mass is 9.87. The van der Waals surface area contributed by atoms with E-state index in [-0.39, 0.29) is 12.1 Å². The summed E-state index contributed by atoms with van der Waals surface area (Å²) in [5, 5.41) is 6.16. The zero-order valence-electron chi connectivity index (χ0n) is 27.0. The first-order valence-electron chi connectivity index (χ1n) is 16.5. The summed E-state index contributed by atoms with van der Waals surface area (Å²) in [6, 6.07) is 14.8. The van der Waals surface area contributed by atoms with E-state index >= 15 is 0 Å². The average Bonchev–Trinajstić information content (AvgIpc) is 3.64. The third-order valence-electron chi connectivity index (χ3n) is 9.74. The Morgan fingerprint density at radius 1 is 1.07 bits per heavy atom. The number of ether oxygens (including phenoxy) is 3. The van der Waals surface area contributed by atoms with Crippen molar-refractivity contribution in [2.45, 2.75) is 91.6 Å². The topological polar surface area (TPSA) is 54.5 Å². The Morgan fingerprint density at radius 3 is 2.70 bits per heavy atom. The lowest BCUT2D eigenvalue weighted by molar-refractivity contribution is 0.00125. The molecule has 44 heavy (non-hydrogen) atoms. The molecule has 2 aromatic carbocycles. The summed E-state index contributed by atoms with van der Waals surface area (Å²) >= 11 is 0. The third kappa shape index (κ3) is 5.69. The molecule has 0 bridgehead atoms. The minimum absolute atomic E-state index is 0.0435. The standard InChI is InChI=1S/C37H47N3O4/c1-6-28-22-26(4)38-20-18-30-14-10-16-32(36(30)38)33-23-39(37(41)42-7-2)40(34(33)24-44-27(28)5)25(3)19-21-43-35-17-11-13-29-12-8-9-15-31(29)35/h8-9,11-13,15,17,24-26H,6-7,10,14,16,18-23H2,1-5H3/b28-27-,33-32?,34-24?. The number of allylic oxidation sites excluding steroid dienone is 2. The van der Waals surface area contributed by atoms with E-state index in [1.165, 1.54) is 22.4 Å². The van der Waals surface area contributed by atoms with Crippen molar-refractivity contribution in [2.75, 3.05) is 26.3 Å². The molecule has 0 spiro atoms. The molecule has 7 nitrogen and oxygen atoms in total. The quantitative estimate of drug-likeness (QED) is 0.319. The molecule has 0 radical (unpaired) electrons. The molecular formula is C37H47N3O4. The van der Waals surface area contributed by atoms with Crippen LogP contribution in [0.25, 0.3) is 10.8 Å². The van der Waals surface area contributed by atoms with Gasteiger partial charge in [-0.25, -0.2) is 9.80 Å². The summed E-state index contributed by atoms with van der Waals surface area (Å²) < 4.78 is 18.5. The van der Waals surface area contributed by atoms with Crippen LogP contribution in [0.5, 0.6) is 5.75 Å². The minimum Gasteiger partial charge on any atom is -0.493 e. The fourth-order valence-electron chi connectivity index (χ4n) is 7.44. The van der Waals surface area contributed by atoms with Crippen molar-refractivity contribution >= 4 is 16.9 Å². The van der Waals surface area contributed by atoms with Crippen LogP contribution in [0, 0.1) is 0 Å². The molecule has 2 unspecified atom stereocenters. The highest BCUT2D eigenvalue weighted by Crippen LogP contribution is 2.46. The maximum atomic E-state index is 13.5. The fraction of sp³-hybridized carbons (Fsp3) is 0.486. The number of amides is 1. The van der Waals surface area contributed by atoms with E-state index in [0.29, 0.717) is 32.2 Å². The van der Waals surface area contributed by atoms with Gasteiger partial charge in [-0.3, -0.25) is 5.01 Å². The van der Waals surface area contributed by atoms with Crippen LogP contribution in [0.2, 0.25) is 0 Å². The second-order valence-corrected chi connectivity index (χ2v) is 12.5. The Kier molecular flexibility index (Phi) is 8.92. The highest BCUT2D eigenvalue weighted by atomic mass is 16.6. The maximum absolute atomic E-state index is 13.5. The summed E-state index contributed by atoms with van der Waals surface area (Å²) in [5.41, 5.74) is 7.85. The van der Waals surface area contributed by atoms with E-state index in [1.807, 2.05) is 37.5 Å². The maximum Gasteiger partial charge on any atom is 0.429 e. The van der Waals surface area contributed by atoms with E-state index < -0.39 is 0 Å². The molecule has 6 rings (SSSR count). The molecule has 1 fully saturated rings. The predicted octanol–water partition coefficient (Wildman–Crippen LogP) is 8.46. The van der Waals surface area contributed by atoms with Gasteiger partial charge in [0.15, 0.2) is 0 Å². The van der Waals surface area contributed by atoms with Crippen molar-refractivity contribution in [3.63, 3.8) is 0 Å². The number of benzene rings is 2. The first-order chi connectivity index (χ1) is 21.4. The molecule has 1 aliphatic carbocycles. The van der Waals surface area contributed by atoms with Gasteiger partial charge in [-0.1, -0.05) is 43.3 Å². The zero-order chi connectivity index (χ0) is 30.8. The van der Waals surface area contributed by atoms with Gasteiger partial charge in [-0.05, 0) is 94.4 Å². The Morgan fingerprint density at radius 2 is 1.89 bits per heavy atom. The number of carbonyl (C=O) groups is 1. The van der Waals surface area contributed by atoms with Crippen LogP contribution in [0.1, 0.15) is 79.6 Å². The summed E-state index contributed by atoms with van der Waals surface area (Å²) in [4.78, 5) is 16.2. The molecule has 234 valence electrons. The van der Waals surface area contributed by atoms with Crippen molar-refractivity contribution in [1.29, 1.82) is 0 Å². The molecule has 3 heterocycles. The number of nitrogens with zero attached hydrogens (tertiary/aromatic N) is 3. The second-order valence-electron chi connectivity index (χ2n) is 12.5. The molecule has 1 amide bonds. The van der Waals surface area contributed by atoms with E-state index in [1.54, 1.807) is 10.6 Å². The lowest BCUT2D eigenvalue weighted by Crippen LogP contribution is -2.46. The van der Waals surface area contributed by atoms with Crippen LogP contribution in [-0.2, 0) is 9.47 Å². The first kappa shape index (κ1) is 30.2. The van der Waals surface area contributed by atoms with Gasteiger partial charge in [-0.15, -0.1) is 0 Å². The number of hydrazine groups is 1. The van der Waals surface area contributed by atoms with Crippen LogP contribution in [0.3, 0.4) is 0 Å². The smallest absolute Gasteiger partial charge is 0.429 e. The van der Waals surface area contributed by atoms with E-state index in [0.717, 1.165) is 73.0 Å². The van der Waals surface area contributed by atoms with Crippen LogP contribution >= 0.6 is 0 Å². The number of hydrogen-bond acceptors (Lipinski definition) is 6. The first-order valence-corrected chi connectivity index (χ1v) is 16.5. The Labute approximate surface area is 262 Å². The normalized spacial score (nSPS) is 22.8. The van der Waals surface area contributed by atoms with E-state index in [9.17, 15) is 4.79 Å². The Bertz CT molecular complexity index is 1530. The van der Waals surface area contributed by atoms with Crippen LogP contribution < -0.4 is 4.74 Å². The molecule has 2 atom stereocenters. The zero-order valence-corrected chi connectivity index (χ0v) is 27.0. The molecule has 3 aliphatic heterocycles. The average molecular weight is 598 g/mol. The lowest BCUT2D eigenvalue weighted by Gasteiger charge is -2.34. The predicted molar refractivity (Wildman–Crippen MR) is 175 cm³/mol. The number of hydrogen-bond donors (Lipinski definition) is 0. The van der Waals surface area contributed by atoms with Gasteiger partial charge in [-0.2, -0.15) is 0 Å². The van der Waals surface area contributed by atoms with Gasteiger partial charge in [0.25, 0.3) is 0 Å².